The molecule has 0 aromatic heterocycles. The van der Waals surface area contributed by atoms with Crippen LogP contribution in [0, 0.1) is 10.1 Å². The van der Waals surface area contributed by atoms with Crippen LogP contribution >= 0.6 is 0 Å². The number of anilines is 1. The lowest BCUT2D eigenvalue weighted by Crippen LogP contribution is -2.41. The Morgan fingerprint density at radius 2 is 1.95 bits per heavy atom. The van der Waals surface area contributed by atoms with Gasteiger partial charge in [-0.15, -0.1) is 0 Å². The predicted molar refractivity (Wildman–Crippen MR) is 83.8 cm³/mol. The van der Waals surface area contributed by atoms with Crippen molar-refractivity contribution in [2.45, 2.75) is 37.6 Å². The molecule has 0 saturated carbocycles. The van der Waals surface area contributed by atoms with Crippen molar-refractivity contribution >= 4 is 11.4 Å². The van der Waals surface area contributed by atoms with E-state index < -0.39 is 0 Å². The Balaban J connectivity index is 1.70. The average Bonchev–Trinajstić information content (AvgIpc) is 3.04. The van der Waals surface area contributed by atoms with E-state index in [9.17, 15) is 10.1 Å². The van der Waals surface area contributed by atoms with Crippen molar-refractivity contribution in [2.24, 2.45) is 0 Å². The Bertz CT molecular complexity index is 522. The van der Waals surface area contributed by atoms with Crippen LogP contribution in [0.25, 0.3) is 0 Å². The predicted octanol–water partition coefficient (Wildman–Crippen LogP) is 3.05. The van der Waals surface area contributed by atoms with Crippen molar-refractivity contribution < 1.29 is 4.92 Å². The van der Waals surface area contributed by atoms with Gasteiger partial charge in [0.2, 0.25) is 0 Å². The summed E-state index contributed by atoms with van der Waals surface area (Å²) in [7, 11) is 1.97. The number of hydrogen-bond donors (Lipinski definition) is 0. The molecule has 1 aromatic carbocycles. The average molecular weight is 289 g/mol. The molecule has 2 fully saturated rings. The van der Waals surface area contributed by atoms with Gasteiger partial charge in [-0.1, -0.05) is 12.1 Å². The third-order valence-electron chi connectivity index (χ3n) is 5.21. The van der Waals surface area contributed by atoms with E-state index in [2.05, 4.69) is 4.90 Å². The number of benzene rings is 1. The van der Waals surface area contributed by atoms with Gasteiger partial charge in [-0.2, -0.15) is 0 Å². The summed E-state index contributed by atoms with van der Waals surface area (Å²) in [5, 5.41) is 11.1. The minimum Gasteiger partial charge on any atom is -0.369 e. The molecule has 5 heteroatoms. The van der Waals surface area contributed by atoms with Gasteiger partial charge >= 0.3 is 0 Å². The van der Waals surface area contributed by atoms with Gasteiger partial charge in [0.1, 0.15) is 5.69 Å². The van der Waals surface area contributed by atoms with Crippen LogP contribution in [0.5, 0.6) is 0 Å². The van der Waals surface area contributed by atoms with E-state index in [0.717, 1.165) is 18.7 Å². The highest BCUT2D eigenvalue weighted by molar-refractivity contribution is 5.62. The molecule has 0 unspecified atom stereocenters. The lowest BCUT2D eigenvalue weighted by Gasteiger charge is -2.34. The molecule has 2 aliphatic heterocycles. The first kappa shape index (κ1) is 14.3. The molecule has 2 saturated heterocycles. The van der Waals surface area contributed by atoms with Crippen LogP contribution < -0.4 is 4.90 Å². The number of nitro groups is 1. The zero-order valence-electron chi connectivity index (χ0n) is 12.6. The Morgan fingerprint density at radius 1 is 1.29 bits per heavy atom. The maximum atomic E-state index is 11.1. The summed E-state index contributed by atoms with van der Waals surface area (Å²) in [4.78, 5) is 15.5. The third-order valence-corrected chi connectivity index (χ3v) is 5.21. The number of hydrogen-bond acceptors (Lipinski definition) is 4. The highest BCUT2D eigenvalue weighted by Crippen LogP contribution is 2.41. The van der Waals surface area contributed by atoms with Crippen molar-refractivity contribution in [3.8, 4) is 0 Å². The lowest BCUT2D eigenvalue weighted by atomic mass is 9.90. The van der Waals surface area contributed by atoms with Crippen LogP contribution in [0.3, 0.4) is 0 Å². The van der Waals surface area contributed by atoms with Crippen molar-refractivity contribution in [3.05, 3.63) is 34.4 Å². The number of nitrogens with zero attached hydrogens (tertiary/aromatic N) is 3. The molecule has 1 aromatic rings. The van der Waals surface area contributed by atoms with E-state index in [1.165, 1.54) is 38.8 Å². The van der Waals surface area contributed by atoms with Gasteiger partial charge in [-0.25, -0.2) is 0 Å². The van der Waals surface area contributed by atoms with E-state index in [1.807, 2.05) is 24.1 Å². The summed E-state index contributed by atoms with van der Waals surface area (Å²) in [6, 6.07) is 7.02. The van der Waals surface area contributed by atoms with Crippen LogP contribution in [0.2, 0.25) is 0 Å². The number of rotatable bonds is 5. The molecule has 0 amide bonds. The molecule has 114 valence electrons. The molecule has 5 nitrogen and oxygen atoms in total. The summed E-state index contributed by atoms with van der Waals surface area (Å²) < 4.78 is 0. The van der Waals surface area contributed by atoms with Crippen molar-refractivity contribution in [1.82, 2.24) is 4.90 Å². The lowest BCUT2D eigenvalue weighted by molar-refractivity contribution is -0.384. The van der Waals surface area contributed by atoms with Crippen molar-refractivity contribution in [3.63, 3.8) is 0 Å². The topological polar surface area (TPSA) is 49.6 Å². The monoisotopic (exact) mass is 289 g/mol. The van der Waals surface area contributed by atoms with Crippen LogP contribution in [-0.4, -0.2) is 42.0 Å². The highest BCUT2D eigenvalue weighted by Gasteiger charge is 2.43. The molecule has 0 spiro atoms. The number of fused-ring (bicyclic) bond motifs is 1. The molecule has 0 bridgehead atoms. The third kappa shape index (κ3) is 2.62. The molecule has 2 aliphatic rings. The quantitative estimate of drug-likeness (QED) is 0.617. The fourth-order valence-corrected chi connectivity index (χ4v) is 4.07. The molecule has 0 atom stereocenters. The minimum atomic E-state index is -0.290. The first-order chi connectivity index (χ1) is 10.1. The molecule has 0 N–H and O–H groups in total. The summed E-state index contributed by atoms with van der Waals surface area (Å²) in [5.74, 6) is 0. The zero-order valence-corrected chi connectivity index (χ0v) is 12.6. The SMILES string of the molecule is CN(CCC12CCCN1CCC2)c1ccccc1[N+](=O)[O-]. The van der Waals surface area contributed by atoms with Gasteiger partial charge in [0.05, 0.1) is 4.92 Å². The fraction of sp³-hybridized carbons (Fsp3) is 0.625. The molecule has 2 heterocycles. The first-order valence-electron chi connectivity index (χ1n) is 7.82. The molecule has 0 aliphatic carbocycles. The van der Waals surface area contributed by atoms with Crippen LogP contribution in [0.4, 0.5) is 11.4 Å². The highest BCUT2D eigenvalue weighted by atomic mass is 16.6. The summed E-state index contributed by atoms with van der Waals surface area (Å²) in [6.07, 6.45) is 6.29. The zero-order chi connectivity index (χ0) is 14.9. The van der Waals surface area contributed by atoms with Gasteiger partial charge in [-0.05, 0) is 51.3 Å². The van der Waals surface area contributed by atoms with E-state index in [0.29, 0.717) is 5.54 Å². The summed E-state index contributed by atoms with van der Waals surface area (Å²) in [5.41, 5.74) is 1.30. The van der Waals surface area contributed by atoms with Crippen LogP contribution in [-0.2, 0) is 0 Å². The van der Waals surface area contributed by atoms with Gasteiger partial charge in [0, 0.05) is 25.2 Å². The van der Waals surface area contributed by atoms with Gasteiger partial charge in [0.25, 0.3) is 5.69 Å². The van der Waals surface area contributed by atoms with E-state index >= 15 is 0 Å². The second kappa shape index (κ2) is 5.64. The van der Waals surface area contributed by atoms with E-state index in [1.54, 1.807) is 12.1 Å². The maximum absolute atomic E-state index is 11.1. The smallest absolute Gasteiger partial charge is 0.292 e. The minimum absolute atomic E-state index is 0.201. The Labute approximate surface area is 125 Å². The van der Waals surface area contributed by atoms with Gasteiger partial charge in [-0.3, -0.25) is 15.0 Å². The Morgan fingerprint density at radius 3 is 2.62 bits per heavy atom. The van der Waals surface area contributed by atoms with Crippen molar-refractivity contribution in [1.29, 1.82) is 0 Å². The molecular weight excluding hydrogens is 266 g/mol. The van der Waals surface area contributed by atoms with Gasteiger partial charge in [0.15, 0.2) is 0 Å². The van der Waals surface area contributed by atoms with Crippen LogP contribution in [0.1, 0.15) is 32.1 Å². The largest absolute Gasteiger partial charge is 0.369 e. The summed E-state index contributed by atoms with van der Waals surface area (Å²) >= 11 is 0. The molecular formula is C16H23N3O2. The second-order valence-corrected chi connectivity index (χ2v) is 6.34. The number of para-hydroxylation sites is 2. The van der Waals surface area contributed by atoms with E-state index in [4.69, 9.17) is 0 Å². The van der Waals surface area contributed by atoms with E-state index in [-0.39, 0.29) is 10.6 Å². The maximum Gasteiger partial charge on any atom is 0.292 e. The normalized spacial score (nSPS) is 20.4. The van der Waals surface area contributed by atoms with Gasteiger partial charge < -0.3 is 4.90 Å². The Hall–Kier alpha value is -1.62. The standard InChI is InChI=1S/C16H23N3O2/c1-17(14-6-2-3-7-15(14)19(20)21)13-10-16-8-4-11-18(16)12-5-9-16/h2-3,6-7H,4-5,8-13H2,1H3. The van der Waals surface area contributed by atoms with Crippen LogP contribution in [0.15, 0.2) is 24.3 Å². The molecule has 21 heavy (non-hydrogen) atoms. The summed E-state index contributed by atoms with van der Waals surface area (Å²) in [6.45, 7) is 3.34. The molecule has 3 rings (SSSR count). The fourth-order valence-electron chi connectivity index (χ4n) is 4.07. The molecule has 0 radical (unpaired) electrons. The van der Waals surface area contributed by atoms with Crippen molar-refractivity contribution in [2.75, 3.05) is 31.6 Å². The Kier molecular flexibility index (Phi) is 3.85. The number of nitro benzene ring substituents is 1. The second-order valence-electron chi connectivity index (χ2n) is 6.34. The first-order valence-corrected chi connectivity index (χ1v) is 7.82.